The maximum atomic E-state index is 11.9. The lowest BCUT2D eigenvalue weighted by Gasteiger charge is -2.17. The van der Waals surface area contributed by atoms with E-state index in [2.05, 4.69) is 55.0 Å². The van der Waals surface area contributed by atoms with Crippen LogP contribution < -0.4 is 5.32 Å². The quantitative estimate of drug-likeness (QED) is 0.883. The third kappa shape index (κ3) is 4.20. The largest absolute Gasteiger partial charge is 0.352 e. The van der Waals surface area contributed by atoms with Crippen LogP contribution in [0.5, 0.6) is 0 Å². The van der Waals surface area contributed by atoms with Crippen molar-refractivity contribution in [1.82, 2.24) is 5.32 Å². The van der Waals surface area contributed by atoms with E-state index in [-0.39, 0.29) is 11.3 Å². The number of nitrogens with one attached hydrogen (secondary N) is 1. The van der Waals surface area contributed by atoms with Crippen LogP contribution in [0.4, 0.5) is 0 Å². The number of carbonyl (C=O) groups is 1. The van der Waals surface area contributed by atoms with Gasteiger partial charge in [-0.05, 0) is 38.9 Å². The lowest BCUT2D eigenvalue weighted by atomic mass is 9.92. The molecule has 0 atom stereocenters. The molecule has 0 aliphatic carbocycles. The zero-order valence-corrected chi connectivity index (χ0v) is 13.1. The van der Waals surface area contributed by atoms with Crippen molar-refractivity contribution < 1.29 is 4.79 Å². The Morgan fingerprint density at radius 3 is 2.60 bits per heavy atom. The van der Waals surface area contributed by atoms with E-state index >= 15 is 0 Å². The number of amides is 1. The lowest BCUT2D eigenvalue weighted by molar-refractivity contribution is -0.122. The Balaban J connectivity index is 2.06. The molecule has 0 spiro atoms. The molecule has 1 heterocycles. The molecule has 1 N–H and O–H groups in total. The summed E-state index contributed by atoms with van der Waals surface area (Å²) in [6.45, 7) is 6.81. The fraction of sp³-hybridized carbons (Fsp3) is 0.353. The second-order valence-electron chi connectivity index (χ2n) is 6.18. The summed E-state index contributed by atoms with van der Waals surface area (Å²) in [7, 11) is 0. The molecule has 0 unspecified atom stereocenters. The monoisotopic (exact) mass is 287 g/mol. The smallest absolute Gasteiger partial charge is 0.220 e. The highest BCUT2D eigenvalue weighted by molar-refractivity contribution is 7.08. The maximum absolute atomic E-state index is 11.9. The van der Waals surface area contributed by atoms with Crippen molar-refractivity contribution in [3.8, 4) is 11.1 Å². The minimum absolute atomic E-state index is 0.0248. The van der Waals surface area contributed by atoms with E-state index in [0.717, 1.165) is 5.56 Å². The van der Waals surface area contributed by atoms with E-state index in [9.17, 15) is 4.79 Å². The highest BCUT2D eigenvalue weighted by atomic mass is 32.1. The summed E-state index contributed by atoms with van der Waals surface area (Å²) < 4.78 is 0. The van der Waals surface area contributed by atoms with Gasteiger partial charge in [0.25, 0.3) is 0 Å². The third-order valence-corrected chi connectivity index (χ3v) is 3.70. The van der Waals surface area contributed by atoms with Crippen LogP contribution in [0.3, 0.4) is 0 Å². The minimum atomic E-state index is 0.0248. The Morgan fingerprint density at radius 2 is 1.95 bits per heavy atom. The summed E-state index contributed by atoms with van der Waals surface area (Å²) in [5.41, 5.74) is 3.60. The first-order chi connectivity index (χ1) is 9.46. The molecule has 106 valence electrons. The number of rotatable bonds is 4. The van der Waals surface area contributed by atoms with Crippen molar-refractivity contribution in [3.63, 3.8) is 0 Å². The summed E-state index contributed by atoms with van der Waals surface area (Å²) in [5.74, 6) is 0.109. The van der Waals surface area contributed by atoms with Crippen molar-refractivity contribution in [2.24, 2.45) is 5.41 Å². The first kappa shape index (κ1) is 14.8. The van der Waals surface area contributed by atoms with Gasteiger partial charge in [0.2, 0.25) is 5.91 Å². The molecule has 0 saturated carbocycles. The van der Waals surface area contributed by atoms with Gasteiger partial charge in [-0.15, -0.1) is 0 Å². The Kier molecular flexibility index (Phi) is 4.61. The van der Waals surface area contributed by atoms with E-state index < -0.39 is 0 Å². The second-order valence-corrected chi connectivity index (χ2v) is 6.96. The van der Waals surface area contributed by atoms with E-state index in [1.165, 1.54) is 11.1 Å². The van der Waals surface area contributed by atoms with E-state index in [1.54, 1.807) is 11.3 Å². The Morgan fingerprint density at radius 1 is 1.20 bits per heavy atom. The molecule has 2 nitrogen and oxygen atoms in total. The van der Waals surface area contributed by atoms with Gasteiger partial charge in [0.15, 0.2) is 0 Å². The molecule has 0 aliphatic rings. The zero-order valence-electron chi connectivity index (χ0n) is 12.3. The normalized spacial score (nSPS) is 11.3. The highest BCUT2D eigenvalue weighted by Gasteiger charge is 2.16. The van der Waals surface area contributed by atoms with Crippen LogP contribution in [0.2, 0.25) is 0 Å². The van der Waals surface area contributed by atoms with Crippen LogP contribution in [0.1, 0.15) is 32.8 Å². The van der Waals surface area contributed by atoms with Crippen LogP contribution in [0.25, 0.3) is 11.1 Å². The van der Waals surface area contributed by atoms with Crippen LogP contribution in [-0.4, -0.2) is 5.91 Å². The summed E-state index contributed by atoms with van der Waals surface area (Å²) in [4.78, 5) is 11.9. The molecule has 0 aliphatic heterocycles. The maximum Gasteiger partial charge on any atom is 0.220 e. The van der Waals surface area contributed by atoms with Crippen molar-refractivity contribution >= 4 is 17.2 Å². The molecular weight excluding hydrogens is 266 g/mol. The Bertz CT molecular complexity index is 567. The van der Waals surface area contributed by atoms with Crippen molar-refractivity contribution in [2.45, 2.75) is 33.7 Å². The number of hydrogen-bond acceptors (Lipinski definition) is 2. The van der Waals surface area contributed by atoms with E-state index in [4.69, 9.17) is 0 Å². The van der Waals surface area contributed by atoms with Crippen LogP contribution in [0, 0.1) is 5.41 Å². The summed E-state index contributed by atoms with van der Waals surface area (Å²) >= 11 is 1.69. The average molecular weight is 287 g/mol. The second kappa shape index (κ2) is 6.23. The zero-order chi connectivity index (χ0) is 14.6. The molecule has 0 radical (unpaired) electrons. The molecule has 1 amide bonds. The molecule has 0 bridgehead atoms. The predicted octanol–water partition coefficient (Wildman–Crippen LogP) is 4.47. The topological polar surface area (TPSA) is 29.1 Å². The number of thiophene rings is 1. The summed E-state index contributed by atoms with van der Waals surface area (Å²) in [5, 5.41) is 7.23. The minimum Gasteiger partial charge on any atom is -0.352 e. The molecule has 20 heavy (non-hydrogen) atoms. The van der Waals surface area contributed by atoms with Crippen LogP contribution in [-0.2, 0) is 11.3 Å². The molecule has 1 aromatic carbocycles. The number of carbonyl (C=O) groups excluding carboxylic acids is 1. The van der Waals surface area contributed by atoms with Gasteiger partial charge in [0.1, 0.15) is 0 Å². The van der Waals surface area contributed by atoms with Gasteiger partial charge in [0, 0.05) is 13.0 Å². The summed E-state index contributed by atoms with van der Waals surface area (Å²) in [6.07, 6.45) is 0.549. The number of benzene rings is 1. The van der Waals surface area contributed by atoms with Gasteiger partial charge in [-0.2, -0.15) is 11.3 Å². The van der Waals surface area contributed by atoms with Crippen LogP contribution in [0.15, 0.2) is 41.1 Å². The third-order valence-electron chi connectivity index (χ3n) is 3.02. The molecule has 0 fully saturated rings. The first-order valence-electron chi connectivity index (χ1n) is 6.83. The van der Waals surface area contributed by atoms with Gasteiger partial charge >= 0.3 is 0 Å². The van der Waals surface area contributed by atoms with Crippen molar-refractivity contribution in [1.29, 1.82) is 0 Å². The predicted molar refractivity (Wildman–Crippen MR) is 85.7 cm³/mol. The van der Waals surface area contributed by atoms with Gasteiger partial charge in [-0.3, -0.25) is 4.79 Å². The Labute approximate surface area is 124 Å². The van der Waals surface area contributed by atoms with E-state index in [1.807, 2.05) is 12.1 Å². The van der Waals surface area contributed by atoms with Gasteiger partial charge in [-0.1, -0.05) is 45.0 Å². The SMILES string of the molecule is CC(C)(C)CC(=O)NCc1ccccc1-c1ccsc1. The van der Waals surface area contributed by atoms with Gasteiger partial charge < -0.3 is 5.32 Å². The van der Waals surface area contributed by atoms with Gasteiger partial charge in [0.05, 0.1) is 0 Å². The molecule has 2 aromatic rings. The summed E-state index contributed by atoms with van der Waals surface area (Å²) in [6, 6.07) is 10.3. The highest BCUT2D eigenvalue weighted by Crippen LogP contribution is 2.26. The van der Waals surface area contributed by atoms with Crippen LogP contribution >= 0.6 is 11.3 Å². The average Bonchev–Trinajstić information content (AvgIpc) is 2.88. The van der Waals surface area contributed by atoms with E-state index in [0.29, 0.717) is 13.0 Å². The standard InChI is InChI=1S/C17H21NOS/c1-17(2,3)10-16(19)18-11-13-6-4-5-7-15(13)14-8-9-20-12-14/h4-9,12H,10-11H2,1-3H3,(H,18,19). The fourth-order valence-corrected chi connectivity index (χ4v) is 2.77. The number of hydrogen-bond donors (Lipinski definition) is 1. The molecular formula is C17H21NOS. The molecule has 2 rings (SSSR count). The Hall–Kier alpha value is -1.61. The van der Waals surface area contributed by atoms with Crippen molar-refractivity contribution in [2.75, 3.05) is 0 Å². The fourth-order valence-electron chi connectivity index (χ4n) is 2.11. The lowest BCUT2D eigenvalue weighted by Crippen LogP contribution is -2.27. The molecule has 1 aromatic heterocycles. The molecule has 3 heteroatoms. The molecule has 0 saturated heterocycles. The van der Waals surface area contributed by atoms with Crippen molar-refractivity contribution in [3.05, 3.63) is 46.7 Å². The first-order valence-corrected chi connectivity index (χ1v) is 7.77. The van der Waals surface area contributed by atoms with Gasteiger partial charge in [-0.25, -0.2) is 0 Å².